The standard InChI is InChI=1S/C10H18.C3H10OSi/c1-2-6-9(5-1)10-7-3-4-8-10;1-3-5-4-2/h9-10H,1-8H2;3,5H2,1-2H3. The molecule has 0 aromatic heterocycles. The molecule has 0 N–H and O–H groups in total. The highest BCUT2D eigenvalue weighted by molar-refractivity contribution is 6.26. The van der Waals surface area contributed by atoms with Gasteiger partial charge in [0.2, 0.25) is 0 Å². The zero-order chi connectivity index (χ0) is 10.9. The molecule has 2 aliphatic rings. The molecule has 0 spiro atoms. The Hall–Kier alpha value is 0.177. The van der Waals surface area contributed by atoms with Crippen LogP contribution in [-0.2, 0) is 4.43 Å². The SMILES string of the molecule is C1CCC(C2CCCC2)C1.CC[SiH2]OC. The topological polar surface area (TPSA) is 9.23 Å². The van der Waals surface area contributed by atoms with E-state index in [2.05, 4.69) is 6.92 Å². The van der Waals surface area contributed by atoms with Crippen molar-refractivity contribution in [2.45, 2.75) is 64.3 Å². The summed E-state index contributed by atoms with van der Waals surface area (Å²) in [6, 6.07) is 1.26. The Balaban J connectivity index is 0.000000195. The van der Waals surface area contributed by atoms with Crippen LogP contribution in [0.4, 0.5) is 0 Å². The molecule has 2 saturated carbocycles. The van der Waals surface area contributed by atoms with Crippen molar-refractivity contribution in [3.8, 4) is 0 Å². The van der Waals surface area contributed by atoms with Gasteiger partial charge in [-0.05, 0) is 17.9 Å². The summed E-state index contributed by atoms with van der Waals surface area (Å²) in [6.45, 7) is 2.15. The van der Waals surface area contributed by atoms with Crippen molar-refractivity contribution < 1.29 is 4.43 Å². The first kappa shape index (κ1) is 13.2. The first-order valence-corrected chi connectivity index (χ1v) is 8.45. The molecule has 0 saturated heterocycles. The van der Waals surface area contributed by atoms with Crippen molar-refractivity contribution in [1.29, 1.82) is 0 Å². The Labute approximate surface area is 97.9 Å². The van der Waals surface area contributed by atoms with E-state index in [0.29, 0.717) is 0 Å². The Morgan fingerprint density at radius 3 is 1.53 bits per heavy atom. The van der Waals surface area contributed by atoms with Gasteiger partial charge < -0.3 is 4.43 Å². The number of hydrogen-bond donors (Lipinski definition) is 0. The molecule has 0 aromatic carbocycles. The molecule has 15 heavy (non-hydrogen) atoms. The average Bonchev–Trinajstić information content (AvgIpc) is 2.93. The molecule has 1 nitrogen and oxygen atoms in total. The molecule has 0 aromatic rings. The summed E-state index contributed by atoms with van der Waals surface area (Å²) in [5.74, 6) is 2.31. The summed E-state index contributed by atoms with van der Waals surface area (Å²) < 4.78 is 4.83. The minimum absolute atomic E-state index is 0.0679. The van der Waals surface area contributed by atoms with Gasteiger partial charge in [-0.25, -0.2) is 0 Å². The van der Waals surface area contributed by atoms with Crippen LogP contribution in [0.25, 0.3) is 0 Å². The van der Waals surface area contributed by atoms with Gasteiger partial charge >= 0.3 is 0 Å². The highest BCUT2D eigenvalue weighted by Crippen LogP contribution is 2.39. The second-order valence-electron chi connectivity index (χ2n) is 5.08. The molecule has 0 heterocycles. The highest BCUT2D eigenvalue weighted by atomic mass is 28.2. The molecular formula is C13H28OSi. The van der Waals surface area contributed by atoms with Gasteiger partial charge in [0.1, 0.15) is 0 Å². The van der Waals surface area contributed by atoms with Crippen molar-refractivity contribution in [2.75, 3.05) is 7.11 Å². The monoisotopic (exact) mass is 228 g/mol. The van der Waals surface area contributed by atoms with Crippen molar-refractivity contribution in [3.05, 3.63) is 0 Å². The summed E-state index contributed by atoms with van der Waals surface area (Å²) in [4.78, 5) is 0. The second-order valence-corrected chi connectivity index (χ2v) is 7.07. The van der Waals surface area contributed by atoms with E-state index in [0.717, 1.165) is 11.8 Å². The lowest BCUT2D eigenvalue weighted by Gasteiger charge is -2.16. The van der Waals surface area contributed by atoms with Crippen LogP contribution in [0.15, 0.2) is 0 Å². The Morgan fingerprint density at radius 1 is 0.933 bits per heavy atom. The third-order valence-corrected chi connectivity index (χ3v) is 4.69. The van der Waals surface area contributed by atoms with Gasteiger partial charge in [0, 0.05) is 7.11 Å². The maximum atomic E-state index is 4.83. The van der Waals surface area contributed by atoms with E-state index < -0.39 is 0 Å². The second kappa shape index (κ2) is 8.34. The van der Waals surface area contributed by atoms with Crippen LogP contribution in [0.2, 0.25) is 6.04 Å². The van der Waals surface area contributed by atoms with Crippen LogP contribution in [0.5, 0.6) is 0 Å². The Bertz CT molecular complexity index is 121. The smallest absolute Gasteiger partial charge is 0.160 e. The van der Waals surface area contributed by atoms with Crippen LogP contribution in [0.3, 0.4) is 0 Å². The third kappa shape index (κ3) is 5.16. The summed E-state index contributed by atoms with van der Waals surface area (Å²) in [5.41, 5.74) is 0. The lowest BCUT2D eigenvalue weighted by molar-refractivity contribution is 0.347. The van der Waals surface area contributed by atoms with Crippen LogP contribution in [0.1, 0.15) is 58.3 Å². The van der Waals surface area contributed by atoms with E-state index in [9.17, 15) is 0 Å². The molecule has 0 amide bonds. The summed E-state index contributed by atoms with van der Waals surface area (Å²) >= 11 is 0. The fraction of sp³-hybridized carbons (Fsp3) is 1.00. The zero-order valence-electron chi connectivity index (χ0n) is 10.6. The lowest BCUT2D eigenvalue weighted by Crippen LogP contribution is -2.06. The van der Waals surface area contributed by atoms with E-state index in [4.69, 9.17) is 4.43 Å². The third-order valence-electron chi connectivity index (χ3n) is 3.87. The van der Waals surface area contributed by atoms with Gasteiger partial charge in [-0.3, -0.25) is 0 Å². The van der Waals surface area contributed by atoms with Crippen LogP contribution >= 0.6 is 0 Å². The maximum Gasteiger partial charge on any atom is 0.160 e. The van der Waals surface area contributed by atoms with Crippen molar-refractivity contribution >= 4 is 9.76 Å². The molecule has 0 atom stereocenters. The van der Waals surface area contributed by atoms with Crippen molar-refractivity contribution in [2.24, 2.45) is 11.8 Å². The minimum atomic E-state index is -0.0679. The maximum absolute atomic E-state index is 4.83. The quantitative estimate of drug-likeness (QED) is 0.672. The fourth-order valence-corrected chi connectivity index (χ4v) is 3.47. The molecule has 90 valence electrons. The largest absolute Gasteiger partial charge is 0.427 e. The van der Waals surface area contributed by atoms with Gasteiger partial charge in [0.05, 0.1) is 0 Å². The van der Waals surface area contributed by atoms with Gasteiger partial charge in [-0.15, -0.1) is 0 Å². The van der Waals surface area contributed by atoms with Crippen molar-refractivity contribution in [1.82, 2.24) is 0 Å². The minimum Gasteiger partial charge on any atom is -0.427 e. The van der Waals surface area contributed by atoms with Gasteiger partial charge in [-0.2, -0.15) is 0 Å². The van der Waals surface area contributed by atoms with Crippen molar-refractivity contribution in [3.63, 3.8) is 0 Å². The zero-order valence-corrected chi connectivity index (χ0v) is 12.0. The van der Waals surface area contributed by atoms with Gasteiger partial charge in [0.15, 0.2) is 9.76 Å². The molecule has 0 unspecified atom stereocenters. The predicted octanol–water partition coefficient (Wildman–Crippen LogP) is 3.52. The normalized spacial score (nSPS) is 23.6. The summed E-state index contributed by atoms with van der Waals surface area (Å²) in [7, 11) is 1.71. The van der Waals surface area contributed by atoms with Crippen LogP contribution in [0, 0.1) is 11.8 Å². The fourth-order valence-electron chi connectivity index (χ4n) is 3.06. The molecule has 0 bridgehead atoms. The average molecular weight is 228 g/mol. The van der Waals surface area contributed by atoms with Gasteiger partial charge in [0.25, 0.3) is 0 Å². The molecule has 2 aliphatic carbocycles. The molecule has 2 rings (SSSR count). The van der Waals surface area contributed by atoms with Crippen LogP contribution in [-0.4, -0.2) is 16.9 Å². The number of rotatable bonds is 3. The molecule has 0 aliphatic heterocycles. The first-order chi connectivity index (χ1) is 7.38. The van der Waals surface area contributed by atoms with Crippen LogP contribution < -0.4 is 0 Å². The number of hydrogen-bond acceptors (Lipinski definition) is 1. The van der Waals surface area contributed by atoms with E-state index in [1.54, 1.807) is 32.8 Å². The first-order valence-electron chi connectivity index (χ1n) is 6.87. The molecule has 2 heteroatoms. The van der Waals surface area contributed by atoms with Gasteiger partial charge in [-0.1, -0.05) is 58.3 Å². The Morgan fingerprint density at radius 2 is 1.33 bits per heavy atom. The van der Waals surface area contributed by atoms with E-state index in [1.807, 2.05) is 0 Å². The lowest BCUT2D eigenvalue weighted by atomic mass is 9.90. The van der Waals surface area contributed by atoms with E-state index >= 15 is 0 Å². The predicted molar refractivity (Wildman–Crippen MR) is 70.0 cm³/mol. The molecule has 0 radical (unpaired) electrons. The van der Waals surface area contributed by atoms with E-state index in [1.165, 1.54) is 31.7 Å². The summed E-state index contributed by atoms with van der Waals surface area (Å²) in [5, 5.41) is 0. The highest BCUT2D eigenvalue weighted by Gasteiger charge is 2.26. The molecular weight excluding hydrogens is 200 g/mol. The Kier molecular flexibility index (Phi) is 7.37. The molecule has 2 fully saturated rings. The summed E-state index contributed by atoms with van der Waals surface area (Å²) in [6.07, 6.45) is 12.4. The van der Waals surface area contributed by atoms with E-state index in [-0.39, 0.29) is 9.76 Å².